The molecule has 2 fully saturated rings. The summed E-state index contributed by atoms with van der Waals surface area (Å²) in [5.74, 6) is 0.899. The molecule has 3 atom stereocenters. The molecule has 1 saturated heterocycles. The fourth-order valence-electron chi connectivity index (χ4n) is 1.94. The van der Waals surface area contributed by atoms with Gasteiger partial charge in [-0.3, -0.25) is 0 Å². The zero-order valence-corrected chi connectivity index (χ0v) is 6.35. The van der Waals surface area contributed by atoms with E-state index in [-0.39, 0.29) is 0 Å². The second-order valence-electron chi connectivity index (χ2n) is 3.54. The number of fused-ring (bicyclic) bond motifs is 1. The Bertz CT molecular complexity index is 126. The van der Waals surface area contributed by atoms with Crippen molar-refractivity contribution < 1.29 is 0 Å². The zero-order valence-electron chi connectivity index (χ0n) is 6.35. The first-order chi connectivity index (χ1) is 4.86. The SMILES string of the molecule is CC1CCC2NNNC2C1. The number of hydrogen-bond donors (Lipinski definition) is 3. The third kappa shape index (κ3) is 1.05. The van der Waals surface area contributed by atoms with Gasteiger partial charge in [0.05, 0.1) is 0 Å². The van der Waals surface area contributed by atoms with Crippen LogP contribution in [0.1, 0.15) is 26.2 Å². The number of hydrazine groups is 2. The number of hydrogen-bond acceptors (Lipinski definition) is 3. The van der Waals surface area contributed by atoms with E-state index in [9.17, 15) is 0 Å². The molecule has 0 radical (unpaired) electrons. The third-order valence-corrected chi connectivity index (χ3v) is 2.63. The van der Waals surface area contributed by atoms with Crippen molar-refractivity contribution >= 4 is 0 Å². The van der Waals surface area contributed by atoms with Gasteiger partial charge in [-0.2, -0.15) is 5.53 Å². The van der Waals surface area contributed by atoms with Crippen LogP contribution in [0.2, 0.25) is 0 Å². The Morgan fingerprint density at radius 3 is 2.80 bits per heavy atom. The highest BCUT2D eigenvalue weighted by molar-refractivity contribution is 4.89. The van der Waals surface area contributed by atoms with Gasteiger partial charge in [0.2, 0.25) is 0 Å². The Balaban J connectivity index is 1.96. The van der Waals surface area contributed by atoms with Gasteiger partial charge in [-0.15, -0.1) is 0 Å². The molecule has 0 bridgehead atoms. The highest BCUT2D eigenvalue weighted by Gasteiger charge is 2.31. The summed E-state index contributed by atoms with van der Waals surface area (Å²) < 4.78 is 0. The second kappa shape index (κ2) is 2.49. The zero-order chi connectivity index (χ0) is 6.97. The van der Waals surface area contributed by atoms with Crippen molar-refractivity contribution in [1.82, 2.24) is 16.4 Å². The van der Waals surface area contributed by atoms with Crippen LogP contribution in [0.5, 0.6) is 0 Å². The summed E-state index contributed by atoms with van der Waals surface area (Å²) in [7, 11) is 0. The standard InChI is InChI=1S/C7H15N3/c1-5-2-3-6-7(4-5)9-10-8-6/h5-10H,2-4H2,1H3. The van der Waals surface area contributed by atoms with E-state index in [0.717, 1.165) is 5.92 Å². The van der Waals surface area contributed by atoms with Crippen LogP contribution in [0.4, 0.5) is 0 Å². The van der Waals surface area contributed by atoms with Gasteiger partial charge in [0.1, 0.15) is 0 Å². The summed E-state index contributed by atoms with van der Waals surface area (Å²) in [5.41, 5.74) is 9.43. The summed E-state index contributed by atoms with van der Waals surface area (Å²) in [6, 6.07) is 1.35. The molecule has 0 aromatic rings. The first-order valence-electron chi connectivity index (χ1n) is 4.12. The molecule has 0 amide bonds. The molecular weight excluding hydrogens is 126 g/mol. The molecule has 0 aromatic carbocycles. The lowest BCUT2D eigenvalue weighted by Crippen LogP contribution is -2.38. The van der Waals surface area contributed by atoms with Crippen LogP contribution in [0.3, 0.4) is 0 Å². The van der Waals surface area contributed by atoms with E-state index >= 15 is 0 Å². The molecule has 1 aliphatic heterocycles. The molecule has 0 aromatic heterocycles. The molecule has 1 aliphatic carbocycles. The van der Waals surface area contributed by atoms with Gasteiger partial charge in [-0.25, -0.2) is 10.9 Å². The maximum Gasteiger partial charge on any atom is 0.0396 e. The van der Waals surface area contributed by atoms with Crippen LogP contribution in [0, 0.1) is 5.92 Å². The van der Waals surface area contributed by atoms with E-state index in [1.807, 2.05) is 0 Å². The molecule has 2 aliphatic rings. The molecule has 1 saturated carbocycles. The monoisotopic (exact) mass is 141 g/mol. The molecule has 3 nitrogen and oxygen atoms in total. The van der Waals surface area contributed by atoms with Crippen LogP contribution in [-0.2, 0) is 0 Å². The maximum absolute atomic E-state index is 3.23. The van der Waals surface area contributed by atoms with Gasteiger partial charge in [0.15, 0.2) is 0 Å². The summed E-state index contributed by atoms with van der Waals surface area (Å²) in [4.78, 5) is 0. The molecule has 0 spiro atoms. The first kappa shape index (κ1) is 6.58. The molecule has 3 heteroatoms. The summed E-state index contributed by atoms with van der Waals surface area (Å²) in [6.07, 6.45) is 3.99. The Labute approximate surface area is 61.5 Å². The Morgan fingerprint density at radius 2 is 1.90 bits per heavy atom. The van der Waals surface area contributed by atoms with Crippen LogP contribution >= 0.6 is 0 Å². The van der Waals surface area contributed by atoms with Crippen molar-refractivity contribution in [2.75, 3.05) is 0 Å². The smallest absolute Gasteiger partial charge is 0.0396 e. The average molecular weight is 141 g/mol. The lowest BCUT2D eigenvalue weighted by atomic mass is 9.84. The van der Waals surface area contributed by atoms with E-state index in [0.29, 0.717) is 12.1 Å². The highest BCUT2D eigenvalue weighted by Crippen LogP contribution is 2.24. The van der Waals surface area contributed by atoms with Crippen molar-refractivity contribution in [1.29, 1.82) is 0 Å². The van der Waals surface area contributed by atoms with Crippen LogP contribution < -0.4 is 16.4 Å². The summed E-state index contributed by atoms with van der Waals surface area (Å²) >= 11 is 0. The lowest BCUT2D eigenvalue weighted by molar-refractivity contribution is 0.299. The van der Waals surface area contributed by atoms with Gasteiger partial charge in [-0.1, -0.05) is 6.92 Å². The third-order valence-electron chi connectivity index (χ3n) is 2.63. The average Bonchev–Trinajstić information content (AvgIpc) is 2.33. The fourth-order valence-corrected chi connectivity index (χ4v) is 1.94. The van der Waals surface area contributed by atoms with Crippen molar-refractivity contribution in [2.24, 2.45) is 5.92 Å². The number of rotatable bonds is 0. The topological polar surface area (TPSA) is 36.1 Å². The van der Waals surface area contributed by atoms with Gasteiger partial charge >= 0.3 is 0 Å². The van der Waals surface area contributed by atoms with E-state index in [1.54, 1.807) is 0 Å². The van der Waals surface area contributed by atoms with Gasteiger partial charge in [0.25, 0.3) is 0 Å². The molecule has 10 heavy (non-hydrogen) atoms. The lowest BCUT2D eigenvalue weighted by Gasteiger charge is -2.27. The minimum Gasteiger partial charge on any atom is -0.240 e. The summed E-state index contributed by atoms with van der Waals surface area (Å²) in [5, 5.41) is 0. The van der Waals surface area contributed by atoms with Crippen molar-refractivity contribution in [3.05, 3.63) is 0 Å². The fraction of sp³-hybridized carbons (Fsp3) is 1.00. The first-order valence-corrected chi connectivity index (χ1v) is 4.12. The molecule has 1 heterocycles. The van der Waals surface area contributed by atoms with Crippen molar-refractivity contribution in [3.63, 3.8) is 0 Å². The molecular formula is C7H15N3. The van der Waals surface area contributed by atoms with Crippen LogP contribution in [0.25, 0.3) is 0 Å². The maximum atomic E-state index is 3.23. The minimum absolute atomic E-state index is 0.670. The van der Waals surface area contributed by atoms with E-state index in [2.05, 4.69) is 23.3 Å². The van der Waals surface area contributed by atoms with E-state index in [4.69, 9.17) is 0 Å². The predicted molar refractivity (Wildman–Crippen MR) is 40.0 cm³/mol. The number of nitrogens with one attached hydrogen (secondary N) is 3. The van der Waals surface area contributed by atoms with Gasteiger partial charge in [0, 0.05) is 12.1 Å². The van der Waals surface area contributed by atoms with Crippen molar-refractivity contribution in [2.45, 2.75) is 38.3 Å². The quantitative estimate of drug-likeness (QED) is 0.449. The van der Waals surface area contributed by atoms with Gasteiger partial charge in [-0.05, 0) is 25.2 Å². The predicted octanol–water partition coefficient (Wildman–Crippen LogP) is 0.156. The molecule has 3 unspecified atom stereocenters. The van der Waals surface area contributed by atoms with Gasteiger partial charge < -0.3 is 0 Å². The second-order valence-corrected chi connectivity index (χ2v) is 3.54. The van der Waals surface area contributed by atoms with Crippen molar-refractivity contribution in [3.8, 4) is 0 Å². The van der Waals surface area contributed by atoms with Crippen LogP contribution in [-0.4, -0.2) is 12.1 Å². The van der Waals surface area contributed by atoms with E-state index < -0.39 is 0 Å². The Kier molecular flexibility index (Phi) is 1.64. The molecule has 2 rings (SSSR count). The van der Waals surface area contributed by atoms with Crippen LogP contribution in [0.15, 0.2) is 0 Å². The highest BCUT2D eigenvalue weighted by atomic mass is 15.7. The Morgan fingerprint density at radius 1 is 1.10 bits per heavy atom. The summed E-state index contributed by atoms with van der Waals surface area (Å²) in [6.45, 7) is 2.33. The molecule has 58 valence electrons. The largest absolute Gasteiger partial charge is 0.240 e. The normalized spacial score (nSPS) is 47.1. The van der Waals surface area contributed by atoms with E-state index in [1.165, 1.54) is 19.3 Å². The minimum atomic E-state index is 0.670. The Hall–Kier alpha value is -0.120. The molecule has 3 N–H and O–H groups in total.